The van der Waals surface area contributed by atoms with Crippen molar-refractivity contribution in [3.05, 3.63) is 35.9 Å². The molecule has 0 amide bonds. The summed E-state index contributed by atoms with van der Waals surface area (Å²) < 4.78 is 27.1. The second-order valence-corrected chi connectivity index (χ2v) is 6.96. The van der Waals surface area contributed by atoms with Crippen LogP contribution in [0.3, 0.4) is 0 Å². The number of hydrogen-bond donors (Lipinski definition) is 2. The Morgan fingerprint density at radius 2 is 1.94 bits per heavy atom. The lowest BCUT2D eigenvalue weighted by Crippen LogP contribution is -2.53. The van der Waals surface area contributed by atoms with Crippen LogP contribution in [0.4, 0.5) is 0 Å². The minimum absolute atomic E-state index is 0.0101. The zero-order valence-electron chi connectivity index (χ0n) is 10.6. The van der Waals surface area contributed by atoms with Crippen molar-refractivity contribution in [3.63, 3.8) is 0 Å². The summed E-state index contributed by atoms with van der Waals surface area (Å²) in [7, 11) is -3.34. The lowest BCUT2D eigenvalue weighted by atomic mass is 9.98. The smallest absolute Gasteiger partial charge is 0.216 e. The number of benzene rings is 1. The average molecular weight is 268 g/mol. The van der Waals surface area contributed by atoms with E-state index >= 15 is 0 Å². The van der Waals surface area contributed by atoms with Crippen LogP contribution in [0.1, 0.15) is 25.3 Å². The summed E-state index contributed by atoms with van der Waals surface area (Å²) in [6.07, 6.45) is 2.11. The topological polar surface area (TPSA) is 72.2 Å². The first-order valence-corrected chi connectivity index (χ1v) is 7.86. The van der Waals surface area contributed by atoms with Gasteiger partial charge in [0.05, 0.1) is 5.75 Å². The fourth-order valence-corrected chi connectivity index (χ4v) is 3.86. The molecule has 5 heteroatoms. The molecule has 0 aliphatic heterocycles. The minimum Gasteiger partial charge on any atom is -0.329 e. The number of sulfonamides is 1. The quantitative estimate of drug-likeness (QED) is 0.815. The van der Waals surface area contributed by atoms with Crippen LogP contribution in [0, 0.1) is 5.92 Å². The molecular weight excluding hydrogens is 248 g/mol. The van der Waals surface area contributed by atoms with E-state index in [1.54, 1.807) is 0 Å². The van der Waals surface area contributed by atoms with Gasteiger partial charge in [-0.1, -0.05) is 30.3 Å². The molecule has 0 radical (unpaired) electrons. The Morgan fingerprint density at radius 3 is 2.44 bits per heavy atom. The summed E-state index contributed by atoms with van der Waals surface area (Å²) in [5, 5.41) is 0. The fraction of sp³-hybridized carbons (Fsp3) is 0.538. The van der Waals surface area contributed by atoms with Crippen molar-refractivity contribution < 1.29 is 8.42 Å². The van der Waals surface area contributed by atoms with E-state index in [9.17, 15) is 8.42 Å². The van der Waals surface area contributed by atoms with Crippen molar-refractivity contribution in [2.45, 2.75) is 31.1 Å². The highest BCUT2D eigenvalue weighted by atomic mass is 32.2. The lowest BCUT2D eigenvalue weighted by molar-refractivity contribution is 0.374. The van der Waals surface area contributed by atoms with Gasteiger partial charge in [0.15, 0.2) is 0 Å². The van der Waals surface area contributed by atoms with Crippen molar-refractivity contribution in [2.75, 3.05) is 6.54 Å². The molecule has 3 N–H and O–H groups in total. The Balaban J connectivity index is 2.07. The van der Waals surface area contributed by atoms with Crippen molar-refractivity contribution >= 4 is 10.0 Å². The molecule has 0 heterocycles. The third-order valence-electron chi connectivity index (χ3n) is 3.49. The molecule has 100 valence electrons. The molecule has 2 rings (SSSR count). The molecule has 1 aliphatic carbocycles. The average Bonchev–Trinajstić information content (AvgIpc) is 3.13. The van der Waals surface area contributed by atoms with E-state index in [2.05, 4.69) is 4.72 Å². The number of nitrogens with two attached hydrogens (primary N) is 1. The van der Waals surface area contributed by atoms with Crippen LogP contribution >= 0.6 is 0 Å². The molecule has 0 spiro atoms. The molecular formula is C13H20N2O2S. The molecule has 0 bridgehead atoms. The van der Waals surface area contributed by atoms with Crippen LogP contribution in [0.5, 0.6) is 0 Å². The van der Waals surface area contributed by atoms with E-state index < -0.39 is 15.6 Å². The molecule has 1 aromatic carbocycles. The summed E-state index contributed by atoms with van der Waals surface area (Å²) >= 11 is 0. The van der Waals surface area contributed by atoms with Gasteiger partial charge >= 0.3 is 0 Å². The maximum absolute atomic E-state index is 12.1. The molecule has 0 aromatic heterocycles. The van der Waals surface area contributed by atoms with Gasteiger partial charge < -0.3 is 5.73 Å². The molecule has 1 saturated carbocycles. The van der Waals surface area contributed by atoms with Crippen LogP contribution < -0.4 is 10.5 Å². The number of hydrogen-bond acceptors (Lipinski definition) is 3. The molecule has 1 aliphatic rings. The summed E-state index contributed by atoms with van der Waals surface area (Å²) in [5.74, 6) is 0.393. The largest absolute Gasteiger partial charge is 0.329 e. The highest BCUT2D eigenvalue weighted by Gasteiger charge is 2.42. The monoisotopic (exact) mass is 268 g/mol. The van der Waals surface area contributed by atoms with Gasteiger partial charge in [0.1, 0.15) is 0 Å². The highest BCUT2D eigenvalue weighted by Crippen LogP contribution is 2.39. The molecule has 1 fully saturated rings. The first kappa shape index (κ1) is 13.5. The normalized spacial score (nSPS) is 19.4. The molecule has 1 aromatic rings. The van der Waals surface area contributed by atoms with Gasteiger partial charge in [0.25, 0.3) is 0 Å². The molecule has 1 atom stereocenters. The predicted molar refractivity (Wildman–Crippen MR) is 72.4 cm³/mol. The second kappa shape index (κ2) is 4.99. The summed E-state index contributed by atoms with van der Waals surface area (Å²) in [4.78, 5) is 0. The van der Waals surface area contributed by atoms with E-state index in [1.165, 1.54) is 0 Å². The maximum atomic E-state index is 12.1. The second-order valence-electron chi connectivity index (χ2n) is 5.24. The standard InChI is InChI=1S/C13H20N2O2S/c1-13(10-14,12-7-8-12)15-18(16,17)9-11-5-3-2-4-6-11/h2-6,12,15H,7-10,14H2,1H3. The summed E-state index contributed by atoms with van der Waals surface area (Å²) in [5.41, 5.74) is 6.02. The summed E-state index contributed by atoms with van der Waals surface area (Å²) in [6.45, 7) is 2.24. The number of rotatable bonds is 6. The van der Waals surface area contributed by atoms with Crippen molar-refractivity contribution in [1.82, 2.24) is 4.72 Å². The zero-order chi connectivity index (χ0) is 13.2. The Kier molecular flexibility index (Phi) is 3.75. The van der Waals surface area contributed by atoms with Crippen molar-refractivity contribution in [3.8, 4) is 0 Å². The fourth-order valence-electron chi connectivity index (χ4n) is 2.20. The van der Waals surface area contributed by atoms with Gasteiger partial charge in [-0.15, -0.1) is 0 Å². The van der Waals surface area contributed by atoms with Gasteiger partial charge in [-0.3, -0.25) is 0 Å². The van der Waals surface area contributed by atoms with Gasteiger partial charge in [0.2, 0.25) is 10.0 Å². The van der Waals surface area contributed by atoms with E-state index in [4.69, 9.17) is 5.73 Å². The maximum Gasteiger partial charge on any atom is 0.216 e. The van der Waals surface area contributed by atoms with E-state index in [1.807, 2.05) is 37.3 Å². The Bertz CT molecular complexity index is 497. The van der Waals surface area contributed by atoms with Crippen molar-refractivity contribution in [1.29, 1.82) is 0 Å². The van der Waals surface area contributed by atoms with E-state index in [0.717, 1.165) is 18.4 Å². The predicted octanol–water partition coefficient (Wildman–Crippen LogP) is 1.23. The molecule has 0 saturated heterocycles. The van der Waals surface area contributed by atoms with E-state index in [-0.39, 0.29) is 5.75 Å². The highest BCUT2D eigenvalue weighted by molar-refractivity contribution is 7.88. The first-order chi connectivity index (χ1) is 8.45. The van der Waals surface area contributed by atoms with Crippen molar-refractivity contribution in [2.24, 2.45) is 11.7 Å². The SMILES string of the molecule is CC(CN)(NS(=O)(=O)Cc1ccccc1)C1CC1. The summed E-state index contributed by atoms with van der Waals surface area (Å²) in [6, 6.07) is 9.19. The van der Waals surface area contributed by atoms with Crippen LogP contribution in [0.15, 0.2) is 30.3 Å². The Hall–Kier alpha value is -0.910. The minimum atomic E-state index is -3.34. The van der Waals surface area contributed by atoms with Crippen LogP contribution in [-0.4, -0.2) is 20.5 Å². The van der Waals surface area contributed by atoms with Crippen LogP contribution in [0.25, 0.3) is 0 Å². The third kappa shape index (κ3) is 3.31. The van der Waals surface area contributed by atoms with Crippen LogP contribution in [-0.2, 0) is 15.8 Å². The molecule has 4 nitrogen and oxygen atoms in total. The lowest BCUT2D eigenvalue weighted by Gasteiger charge is -2.29. The number of nitrogens with one attached hydrogen (secondary N) is 1. The Morgan fingerprint density at radius 1 is 1.33 bits per heavy atom. The molecule has 18 heavy (non-hydrogen) atoms. The van der Waals surface area contributed by atoms with Crippen LogP contribution in [0.2, 0.25) is 0 Å². The zero-order valence-corrected chi connectivity index (χ0v) is 11.4. The first-order valence-electron chi connectivity index (χ1n) is 6.21. The Labute approximate surface area is 109 Å². The van der Waals surface area contributed by atoms with Gasteiger partial charge in [-0.25, -0.2) is 13.1 Å². The van der Waals surface area contributed by atoms with E-state index in [0.29, 0.717) is 12.5 Å². The van der Waals surface area contributed by atoms with Gasteiger partial charge in [-0.05, 0) is 31.2 Å². The van der Waals surface area contributed by atoms with Gasteiger partial charge in [-0.2, -0.15) is 0 Å². The third-order valence-corrected chi connectivity index (χ3v) is 4.98. The molecule has 1 unspecified atom stereocenters. The van der Waals surface area contributed by atoms with Gasteiger partial charge in [0, 0.05) is 12.1 Å².